The molecule has 1 heterocycles. The van der Waals surface area contributed by atoms with Gasteiger partial charge in [0.05, 0.1) is 10.6 Å². The Bertz CT molecular complexity index is 679. The lowest BCUT2D eigenvalue weighted by Crippen LogP contribution is -2.24. The van der Waals surface area contributed by atoms with Gasteiger partial charge >= 0.3 is 0 Å². The number of hydrogen-bond acceptors (Lipinski definition) is 5. The molecule has 0 aromatic heterocycles. The summed E-state index contributed by atoms with van der Waals surface area (Å²) in [6.07, 6.45) is 1.32. The Kier molecular flexibility index (Phi) is 6.49. The molecule has 0 atom stereocenters. The molecule has 0 aliphatic carbocycles. The summed E-state index contributed by atoms with van der Waals surface area (Å²) in [6, 6.07) is 5.42. The minimum Gasteiger partial charge on any atom is -0.381 e. The van der Waals surface area contributed by atoms with E-state index in [2.05, 4.69) is 0 Å². The quantitative estimate of drug-likeness (QED) is 0.755. The van der Waals surface area contributed by atoms with E-state index in [9.17, 15) is 16.8 Å². The van der Waals surface area contributed by atoms with Gasteiger partial charge in [-0.05, 0) is 30.9 Å². The van der Waals surface area contributed by atoms with Crippen LogP contribution in [-0.2, 0) is 23.6 Å². The van der Waals surface area contributed by atoms with Crippen LogP contribution in [0.15, 0.2) is 34.1 Å². The molecular weight excluding hydrogens is 359 g/mol. The molecule has 1 saturated heterocycles. The van der Waals surface area contributed by atoms with E-state index >= 15 is 0 Å². The molecule has 1 aromatic rings. The SMILES string of the molecule is Cl.O=S(=O)(Cl)c1ccccc1S(=O)(=O)CC1CCOCC1. The van der Waals surface area contributed by atoms with Gasteiger partial charge in [-0.25, -0.2) is 16.8 Å². The fourth-order valence-electron chi connectivity index (χ4n) is 2.22. The Balaban J connectivity index is 0.00000220. The van der Waals surface area contributed by atoms with Crippen molar-refractivity contribution in [3.05, 3.63) is 24.3 Å². The summed E-state index contributed by atoms with van der Waals surface area (Å²) < 4.78 is 52.9. The molecule has 5 nitrogen and oxygen atoms in total. The first kappa shape index (κ1) is 18.7. The van der Waals surface area contributed by atoms with Crippen LogP contribution in [0.2, 0.25) is 0 Å². The average molecular weight is 375 g/mol. The predicted octanol–water partition coefficient (Wildman–Crippen LogP) is 2.24. The topological polar surface area (TPSA) is 77.5 Å². The molecule has 1 aliphatic heterocycles. The number of ether oxygens (including phenoxy) is 1. The van der Waals surface area contributed by atoms with Crippen molar-refractivity contribution < 1.29 is 21.6 Å². The van der Waals surface area contributed by atoms with E-state index < -0.39 is 18.9 Å². The molecule has 1 fully saturated rings. The third-order valence-corrected chi connectivity index (χ3v) is 6.69. The van der Waals surface area contributed by atoms with Gasteiger partial charge in [0.2, 0.25) is 0 Å². The van der Waals surface area contributed by atoms with Crippen LogP contribution < -0.4 is 0 Å². The molecule has 120 valence electrons. The molecule has 2 rings (SSSR count). The van der Waals surface area contributed by atoms with Crippen molar-refractivity contribution in [3.8, 4) is 0 Å². The number of benzene rings is 1. The standard InChI is InChI=1S/C12H15ClO5S2.ClH/c13-20(16,17)12-4-2-1-3-11(12)19(14,15)9-10-5-7-18-8-6-10;/h1-4,10H,5-9H2;1H. The van der Waals surface area contributed by atoms with E-state index in [1.54, 1.807) is 0 Å². The summed E-state index contributed by atoms with van der Waals surface area (Å²) in [4.78, 5) is -0.574. The summed E-state index contributed by atoms with van der Waals surface area (Å²) in [5.41, 5.74) is 0. The van der Waals surface area contributed by atoms with Gasteiger partial charge in [0.1, 0.15) is 4.90 Å². The summed E-state index contributed by atoms with van der Waals surface area (Å²) in [7, 11) is -2.48. The summed E-state index contributed by atoms with van der Waals surface area (Å²) >= 11 is 0. The molecule has 0 spiro atoms. The molecule has 0 bridgehead atoms. The van der Waals surface area contributed by atoms with Crippen molar-refractivity contribution in [1.29, 1.82) is 0 Å². The normalized spacial score (nSPS) is 17.2. The number of rotatable bonds is 4. The Labute approximate surface area is 135 Å². The van der Waals surface area contributed by atoms with Crippen molar-refractivity contribution in [1.82, 2.24) is 0 Å². The fourth-order valence-corrected chi connectivity index (χ4v) is 5.82. The third-order valence-electron chi connectivity index (χ3n) is 3.24. The Hall–Kier alpha value is -0.340. The van der Waals surface area contributed by atoms with Crippen molar-refractivity contribution in [2.45, 2.75) is 22.6 Å². The van der Waals surface area contributed by atoms with Crippen LogP contribution in [0.3, 0.4) is 0 Å². The first-order chi connectivity index (χ1) is 9.31. The second-order valence-electron chi connectivity index (χ2n) is 4.72. The van der Waals surface area contributed by atoms with Crippen molar-refractivity contribution in [2.75, 3.05) is 19.0 Å². The average Bonchev–Trinajstić information content (AvgIpc) is 2.38. The summed E-state index contributed by atoms with van der Waals surface area (Å²) in [5, 5.41) is 0. The summed E-state index contributed by atoms with van der Waals surface area (Å²) in [5.74, 6) is -0.0976. The maximum absolute atomic E-state index is 12.4. The summed E-state index contributed by atoms with van der Waals surface area (Å²) in [6.45, 7) is 1.07. The Morgan fingerprint density at radius 2 is 1.57 bits per heavy atom. The molecule has 0 saturated carbocycles. The van der Waals surface area contributed by atoms with E-state index in [1.807, 2.05) is 0 Å². The number of halogens is 2. The Morgan fingerprint density at radius 1 is 1.05 bits per heavy atom. The molecule has 0 amide bonds. The second kappa shape index (κ2) is 7.28. The molecule has 21 heavy (non-hydrogen) atoms. The first-order valence-electron chi connectivity index (χ1n) is 6.15. The highest BCUT2D eigenvalue weighted by Crippen LogP contribution is 2.27. The first-order valence-corrected chi connectivity index (χ1v) is 10.1. The zero-order chi connectivity index (χ0) is 14.8. The lowest BCUT2D eigenvalue weighted by Gasteiger charge is -2.22. The van der Waals surface area contributed by atoms with Gasteiger partial charge in [-0.1, -0.05) is 12.1 Å². The highest BCUT2D eigenvalue weighted by molar-refractivity contribution is 8.14. The van der Waals surface area contributed by atoms with Gasteiger partial charge in [0, 0.05) is 23.9 Å². The molecule has 0 N–H and O–H groups in total. The number of hydrogen-bond donors (Lipinski definition) is 0. The minimum absolute atomic E-state index is 0. The van der Waals surface area contributed by atoms with E-state index in [4.69, 9.17) is 15.4 Å². The van der Waals surface area contributed by atoms with Gasteiger partial charge in [-0.15, -0.1) is 12.4 Å². The molecule has 1 aliphatic rings. The smallest absolute Gasteiger partial charge is 0.262 e. The molecule has 0 radical (unpaired) electrons. The fraction of sp³-hybridized carbons (Fsp3) is 0.500. The van der Waals surface area contributed by atoms with Crippen LogP contribution in [0.25, 0.3) is 0 Å². The Morgan fingerprint density at radius 3 is 2.10 bits per heavy atom. The van der Waals surface area contributed by atoms with Crippen LogP contribution in [-0.4, -0.2) is 35.8 Å². The van der Waals surface area contributed by atoms with Crippen LogP contribution in [0, 0.1) is 5.92 Å². The zero-order valence-corrected chi connectivity index (χ0v) is 14.3. The predicted molar refractivity (Wildman–Crippen MR) is 82.3 cm³/mol. The molecular formula is C12H16Cl2O5S2. The van der Waals surface area contributed by atoms with Crippen LogP contribution in [0.1, 0.15) is 12.8 Å². The largest absolute Gasteiger partial charge is 0.381 e. The van der Waals surface area contributed by atoms with Gasteiger partial charge < -0.3 is 4.74 Å². The third kappa shape index (κ3) is 4.82. The lowest BCUT2D eigenvalue weighted by atomic mass is 10.0. The second-order valence-corrected chi connectivity index (χ2v) is 9.26. The zero-order valence-electron chi connectivity index (χ0n) is 11.1. The molecule has 1 aromatic carbocycles. The minimum atomic E-state index is -4.09. The van der Waals surface area contributed by atoms with Crippen molar-refractivity contribution in [3.63, 3.8) is 0 Å². The number of sulfone groups is 1. The van der Waals surface area contributed by atoms with Crippen LogP contribution >= 0.6 is 23.1 Å². The van der Waals surface area contributed by atoms with Crippen LogP contribution in [0.5, 0.6) is 0 Å². The van der Waals surface area contributed by atoms with Crippen LogP contribution in [0.4, 0.5) is 0 Å². The van der Waals surface area contributed by atoms with E-state index in [-0.39, 0.29) is 33.9 Å². The van der Waals surface area contributed by atoms with Gasteiger partial charge in [-0.3, -0.25) is 0 Å². The van der Waals surface area contributed by atoms with Crippen molar-refractivity contribution in [2.24, 2.45) is 5.92 Å². The molecule has 0 unspecified atom stereocenters. The van der Waals surface area contributed by atoms with Gasteiger partial charge in [0.15, 0.2) is 9.84 Å². The highest BCUT2D eigenvalue weighted by Gasteiger charge is 2.28. The highest BCUT2D eigenvalue weighted by atomic mass is 35.7. The van der Waals surface area contributed by atoms with E-state index in [0.717, 1.165) is 0 Å². The maximum atomic E-state index is 12.4. The monoisotopic (exact) mass is 374 g/mol. The van der Waals surface area contributed by atoms with Gasteiger partial charge in [0.25, 0.3) is 9.05 Å². The van der Waals surface area contributed by atoms with Crippen molar-refractivity contribution >= 4 is 42.0 Å². The maximum Gasteiger partial charge on any atom is 0.262 e. The molecule has 9 heteroatoms. The van der Waals surface area contributed by atoms with Gasteiger partial charge in [-0.2, -0.15) is 0 Å². The lowest BCUT2D eigenvalue weighted by molar-refractivity contribution is 0.0723. The van der Waals surface area contributed by atoms with E-state index in [0.29, 0.717) is 26.1 Å². The van der Waals surface area contributed by atoms with E-state index in [1.165, 1.54) is 24.3 Å².